The van der Waals surface area contributed by atoms with Gasteiger partial charge in [0.2, 0.25) is 5.91 Å². The molecule has 0 aliphatic heterocycles. The highest BCUT2D eigenvalue weighted by Crippen LogP contribution is 1.97. The van der Waals surface area contributed by atoms with E-state index in [4.69, 9.17) is 5.73 Å². The van der Waals surface area contributed by atoms with E-state index >= 15 is 0 Å². The molecule has 1 aromatic rings. The number of nitrogens with zero attached hydrogens (tertiary/aromatic N) is 1. The lowest BCUT2D eigenvalue weighted by molar-refractivity contribution is -0.119. The molecule has 0 bridgehead atoms. The largest absolute Gasteiger partial charge is 0.368 e. The Kier molecular flexibility index (Phi) is 4.20. The predicted octanol–water partition coefficient (Wildman–Crippen LogP) is 0.241. The summed E-state index contributed by atoms with van der Waals surface area (Å²) in [7, 11) is 0. The van der Waals surface area contributed by atoms with Gasteiger partial charge in [0.05, 0.1) is 0 Å². The maximum Gasteiger partial charge on any atom is 0.270 e. The number of aromatic nitrogens is 1. The third-order valence-electron chi connectivity index (χ3n) is 1.95. The Labute approximate surface area is 93.4 Å². The number of hydrogen-bond donors (Lipinski definition) is 2. The van der Waals surface area contributed by atoms with Crippen LogP contribution < -0.4 is 11.1 Å². The van der Waals surface area contributed by atoms with Crippen molar-refractivity contribution in [3.05, 3.63) is 42.7 Å². The van der Waals surface area contributed by atoms with E-state index in [0.29, 0.717) is 6.42 Å². The number of carbonyl (C=O) groups excluding carboxylic acids is 2. The Morgan fingerprint density at radius 1 is 1.56 bits per heavy atom. The minimum absolute atomic E-state index is 0.248. The molecule has 1 rings (SSSR count). The van der Waals surface area contributed by atoms with Gasteiger partial charge in [-0.05, 0) is 18.6 Å². The summed E-state index contributed by atoms with van der Waals surface area (Å²) in [5, 5.41) is 2.49. The van der Waals surface area contributed by atoms with E-state index in [2.05, 4.69) is 16.9 Å². The first-order chi connectivity index (χ1) is 7.65. The zero-order valence-corrected chi connectivity index (χ0v) is 8.72. The van der Waals surface area contributed by atoms with Gasteiger partial charge in [0.1, 0.15) is 11.7 Å². The summed E-state index contributed by atoms with van der Waals surface area (Å²) >= 11 is 0. The molecule has 0 saturated carbocycles. The van der Waals surface area contributed by atoms with Crippen LogP contribution >= 0.6 is 0 Å². The second-order valence-electron chi connectivity index (χ2n) is 3.17. The second-order valence-corrected chi connectivity index (χ2v) is 3.17. The molecule has 0 unspecified atom stereocenters. The van der Waals surface area contributed by atoms with Crippen LogP contribution in [0, 0.1) is 0 Å². The molecule has 0 fully saturated rings. The van der Waals surface area contributed by atoms with Crippen molar-refractivity contribution in [3.8, 4) is 0 Å². The molecule has 0 aliphatic rings. The molecule has 5 heteroatoms. The molecule has 0 aromatic carbocycles. The van der Waals surface area contributed by atoms with Gasteiger partial charge in [-0.1, -0.05) is 12.1 Å². The van der Waals surface area contributed by atoms with Gasteiger partial charge in [0, 0.05) is 6.20 Å². The van der Waals surface area contributed by atoms with Gasteiger partial charge in [-0.15, -0.1) is 6.58 Å². The Bertz CT molecular complexity index is 389. The molecule has 1 heterocycles. The molecule has 5 nitrogen and oxygen atoms in total. The van der Waals surface area contributed by atoms with Crippen LogP contribution in [0.4, 0.5) is 0 Å². The molecular formula is C11H13N3O2. The van der Waals surface area contributed by atoms with Gasteiger partial charge >= 0.3 is 0 Å². The van der Waals surface area contributed by atoms with Gasteiger partial charge in [-0.3, -0.25) is 14.6 Å². The summed E-state index contributed by atoms with van der Waals surface area (Å²) in [6, 6.07) is 4.20. The Hall–Kier alpha value is -2.17. The smallest absolute Gasteiger partial charge is 0.270 e. The zero-order valence-electron chi connectivity index (χ0n) is 8.72. The highest BCUT2D eigenvalue weighted by molar-refractivity contribution is 5.95. The quantitative estimate of drug-likeness (QED) is 0.696. The number of primary amides is 1. The van der Waals surface area contributed by atoms with E-state index < -0.39 is 17.9 Å². The lowest BCUT2D eigenvalue weighted by Gasteiger charge is -2.12. The molecule has 16 heavy (non-hydrogen) atoms. The normalized spacial score (nSPS) is 11.5. The summed E-state index contributed by atoms with van der Waals surface area (Å²) < 4.78 is 0. The van der Waals surface area contributed by atoms with Crippen molar-refractivity contribution in [2.75, 3.05) is 0 Å². The van der Waals surface area contributed by atoms with Gasteiger partial charge in [-0.2, -0.15) is 0 Å². The van der Waals surface area contributed by atoms with E-state index in [-0.39, 0.29) is 5.69 Å². The van der Waals surface area contributed by atoms with Crippen LogP contribution in [-0.4, -0.2) is 22.8 Å². The predicted molar refractivity (Wildman–Crippen MR) is 59.5 cm³/mol. The monoisotopic (exact) mass is 219 g/mol. The van der Waals surface area contributed by atoms with Crippen molar-refractivity contribution >= 4 is 11.8 Å². The summed E-state index contributed by atoms with van der Waals surface area (Å²) in [4.78, 5) is 26.5. The van der Waals surface area contributed by atoms with Gasteiger partial charge in [-0.25, -0.2) is 0 Å². The number of nitrogens with two attached hydrogens (primary N) is 1. The van der Waals surface area contributed by atoms with E-state index in [1.54, 1.807) is 18.2 Å². The van der Waals surface area contributed by atoms with Crippen LogP contribution in [0.1, 0.15) is 16.9 Å². The SMILES string of the molecule is C=CC[C@H](NC(=O)c1ccccn1)C(N)=O. The number of hydrogen-bond acceptors (Lipinski definition) is 3. The van der Waals surface area contributed by atoms with Gasteiger partial charge in [0.15, 0.2) is 0 Å². The molecule has 84 valence electrons. The number of amides is 2. The third kappa shape index (κ3) is 3.20. The van der Waals surface area contributed by atoms with E-state index in [1.165, 1.54) is 12.3 Å². The lowest BCUT2D eigenvalue weighted by atomic mass is 10.2. The average molecular weight is 219 g/mol. The second kappa shape index (κ2) is 5.65. The van der Waals surface area contributed by atoms with Crippen LogP contribution in [0.2, 0.25) is 0 Å². The van der Waals surface area contributed by atoms with Crippen molar-refractivity contribution in [1.29, 1.82) is 0 Å². The van der Waals surface area contributed by atoms with Crippen molar-refractivity contribution in [1.82, 2.24) is 10.3 Å². The molecule has 1 atom stereocenters. The summed E-state index contributed by atoms with van der Waals surface area (Å²) in [6.45, 7) is 3.49. The van der Waals surface area contributed by atoms with Crippen LogP contribution in [0.25, 0.3) is 0 Å². The number of pyridine rings is 1. The highest BCUT2D eigenvalue weighted by Gasteiger charge is 2.17. The summed E-state index contributed by atoms with van der Waals surface area (Å²) in [6.07, 6.45) is 3.32. The first-order valence-corrected chi connectivity index (χ1v) is 4.77. The fourth-order valence-electron chi connectivity index (χ4n) is 1.14. The summed E-state index contributed by atoms with van der Waals surface area (Å²) in [5.74, 6) is -1.02. The summed E-state index contributed by atoms with van der Waals surface area (Å²) in [5.41, 5.74) is 5.38. The fourth-order valence-corrected chi connectivity index (χ4v) is 1.14. The molecular weight excluding hydrogens is 206 g/mol. The average Bonchev–Trinajstić information content (AvgIpc) is 2.29. The van der Waals surface area contributed by atoms with Crippen LogP contribution in [0.3, 0.4) is 0 Å². The van der Waals surface area contributed by atoms with Gasteiger partial charge in [0.25, 0.3) is 5.91 Å². The minimum Gasteiger partial charge on any atom is -0.368 e. The Morgan fingerprint density at radius 3 is 2.81 bits per heavy atom. The Morgan fingerprint density at radius 2 is 2.31 bits per heavy atom. The molecule has 0 spiro atoms. The maximum atomic E-state index is 11.6. The first kappa shape index (κ1) is 11.9. The van der Waals surface area contributed by atoms with E-state index in [0.717, 1.165) is 0 Å². The standard InChI is InChI=1S/C11H13N3O2/c1-2-5-8(10(12)15)14-11(16)9-6-3-4-7-13-9/h2-4,6-8H,1,5H2,(H2,12,15)(H,14,16)/t8-/m0/s1. The van der Waals surface area contributed by atoms with Crippen LogP contribution in [0.5, 0.6) is 0 Å². The molecule has 3 N–H and O–H groups in total. The van der Waals surface area contributed by atoms with E-state index in [9.17, 15) is 9.59 Å². The molecule has 2 amide bonds. The molecule has 0 aliphatic carbocycles. The topological polar surface area (TPSA) is 85.1 Å². The Balaban J connectivity index is 2.69. The fraction of sp³-hybridized carbons (Fsp3) is 0.182. The zero-order chi connectivity index (χ0) is 12.0. The number of carbonyl (C=O) groups is 2. The molecule has 0 saturated heterocycles. The third-order valence-corrected chi connectivity index (χ3v) is 1.95. The lowest BCUT2D eigenvalue weighted by Crippen LogP contribution is -2.44. The number of rotatable bonds is 5. The first-order valence-electron chi connectivity index (χ1n) is 4.77. The van der Waals surface area contributed by atoms with Crippen molar-refractivity contribution < 1.29 is 9.59 Å². The van der Waals surface area contributed by atoms with Crippen LogP contribution in [-0.2, 0) is 4.79 Å². The van der Waals surface area contributed by atoms with Crippen LogP contribution in [0.15, 0.2) is 37.1 Å². The van der Waals surface area contributed by atoms with Crippen molar-refractivity contribution in [2.45, 2.75) is 12.5 Å². The van der Waals surface area contributed by atoms with E-state index in [1.807, 2.05) is 0 Å². The highest BCUT2D eigenvalue weighted by atomic mass is 16.2. The van der Waals surface area contributed by atoms with Crippen molar-refractivity contribution in [3.63, 3.8) is 0 Å². The minimum atomic E-state index is -0.744. The molecule has 1 aromatic heterocycles. The maximum absolute atomic E-state index is 11.6. The van der Waals surface area contributed by atoms with Crippen molar-refractivity contribution in [2.24, 2.45) is 5.73 Å². The van der Waals surface area contributed by atoms with Gasteiger partial charge < -0.3 is 11.1 Å². The molecule has 0 radical (unpaired) electrons. The number of nitrogens with one attached hydrogen (secondary N) is 1.